The lowest BCUT2D eigenvalue weighted by Gasteiger charge is -2.13. The minimum Gasteiger partial charge on any atom is -0.368 e. The van der Waals surface area contributed by atoms with Gasteiger partial charge in [0.25, 0.3) is 5.78 Å². The van der Waals surface area contributed by atoms with Crippen LogP contribution in [0.2, 0.25) is 0 Å². The summed E-state index contributed by atoms with van der Waals surface area (Å²) < 4.78 is 4.94. The molecule has 0 bridgehead atoms. The van der Waals surface area contributed by atoms with Crippen LogP contribution in [-0.2, 0) is 14.3 Å². The zero-order valence-electron chi connectivity index (χ0n) is 9.06. The number of ketones is 1. The molecule has 5 heteroatoms. The predicted octanol–water partition coefficient (Wildman–Crippen LogP) is 0.757. The Hall–Kier alpha value is -1.72. The van der Waals surface area contributed by atoms with Gasteiger partial charge in [-0.3, -0.25) is 14.8 Å². The van der Waals surface area contributed by atoms with E-state index in [1.807, 2.05) is 19.1 Å². The van der Waals surface area contributed by atoms with Gasteiger partial charge in [-0.1, -0.05) is 29.8 Å². The second kappa shape index (κ2) is 5.39. The van der Waals surface area contributed by atoms with Gasteiger partial charge in [0.1, 0.15) is 0 Å². The van der Waals surface area contributed by atoms with E-state index in [4.69, 9.17) is 9.94 Å². The lowest BCUT2D eigenvalue weighted by atomic mass is 10.0. The molecule has 0 aliphatic rings. The molecule has 0 aromatic heterocycles. The van der Waals surface area contributed by atoms with E-state index < -0.39 is 17.8 Å². The first-order chi connectivity index (χ1) is 7.60. The maximum Gasteiger partial charge on any atom is 0.313 e. The molecule has 86 valence electrons. The third-order valence-electron chi connectivity index (χ3n) is 2.18. The van der Waals surface area contributed by atoms with Gasteiger partial charge in [-0.15, -0.1) is 0 Å². The van der Waals surface area contributed by atoms with Crippen molar-refractivity contribution >= 4 is 11.7 Å². The molecule has 0 fully saturated rings. The summed E-state index contributed by atoms with van der Waals surface area (Å²) in [6, 6.07) is 7.02. The molecule has 2 N–H and O–H groups in total. The van der Waals surface area contributed by atoms with Crippen LogP contribution in [0.4, 0.5) is 0 Å². The quantitative estimate of drug-likeness (QED) is 0.449. The number of hydrogen-bond donors (Lipinski definition) is 2. The number of benzene rings is 1. The summed E-state index contributed by atoms with van der Waals surface area (Å²) in [5.74, 6) is -1.93. The van der Waals surface area contributed by atoms with Crippen molar-refractivity contribution in [2.24, 2.45) is 0 Å². The minimum absolute atomic E-state index is 0.571. The number of nitrogens with one attached hydrogen (secondary N) is 1. The number of hydrogen-bond acceptors (Lipinski definition) is 4. The molecule has 0 saturated heterocycles. The van der Waals surface area contributed by atoms with Crippen LogP contribution in [0.3, 0.4) is 0 Å². The van der Waals surface area contributed by atoms with Crippen LogP contribution in [0.1, 0.15) is 17.2 Å². The minimum atomic E-state index is -1.09. The molecule has 1 aromatic carbocycles. The molecule has 1 amide bonds. The molecule has 1 rings (SSSR count). The van der Waals surface area contributed by atoms with E-state index in [-0.39, 0.29) is 0 Å². The van der Waals surface area contributed by atoms with Gasteiger partial charge in [-0.05, 0) is 12.5 Å². The number of rotatable bonds is 4. The van der Waals surface area contributed by atoms with Crippen molar-refractivity contribution in [3.63, 3.8) is 0 Å². The highest BCUT2D eigenvalue weighted by Crippen LogP contribution is 2.18. The number of ether oxygens (including phenoxy) is 1. The molecule has 16 heavy (non-hydrogen) atoms. The van der Waals surface area contributed by atoms with Crippen molar-refractivity contribution in [2.75, 3.05) is 7.11 Å². The molecule has 0 spiro atoms. The normalized spacial score (nSPS) is 11.9. The maximum absolute atomic E-state index is 11.5. The van der Waals surface area contributed by atoms with Gasteiger partial charge in [-0.2, -0.15) is 0 Å². The predicted molar refractivity (Wildman–Crippen MR) is 55.9 cm³/mol. The van der Waals surface area contributed by atoms with E-state index in [1.165, 1.54) is 12.6 Å². The molecule has 0 heterocycles. The van der Waals surface area contributed by atoms with Crippen LogP contribution in [0.15, 0.2) is 24.3 Å². The second-order valence-corrected chi connectivity index (χ2v) is 3.33. The Balaban J connectivity index is 2.94. The molecular weight excluding hydrogens is 210 g/mol. The first-order valence-electron chi connectivity index (χ1n) is 4.67. The van der Waals surface area contributed by atoms with Crippen molar-refractivity contribution in [3.05, 3.63) is 35.4 Å². The van der Waals surface area contributed by atoms with Crippen LogP contribution < -0.4 is 5.48 Å². The van der Waals surface area contributed by atoms with Gasteiger partial charge < -0.3 is 4.74 Å². The summed E-state index contributed by atoms with van der Waals surface area (Å²) in [6.45, 7) is 1.91. The van der Waals surface area contributed by atoms with Crippen LogP contribution in [0, 0.1) is 6.92 Å². The third kappa shape index (κ3) is 2.65. The summed E-state index contributed by atoms with van der Waals surface area (Å²) >= 11 is 0. The molecule has 5 nitrogen and oxygen atoms in total. The SMILES string of the molecule is COC(C(=O)C(=O)NO)c1ccc(C)cc1. The number of carbonyl (C=O) groups excluding carboxylic acids is 2. The van der Waals surface area contributed by atoms with Crippen LogP contribution in [-0.4, -0.2) is 24.0 Å². The zero-order valence-corrected chi connectivity index (χ0v) is 9.06. The van der Waals surface area contributed by atoms with Crippen molar-refractivity contribution in [1.29, 1.82) is 0 Å². The van der Waals surface area contributed by atoms with E-state index in [2.05, 4.69) is 0 Å². The molecule has 0 aliphatic heterocycles. The Morgan fingerprint density at radius 3 is 2.31 bits per heavy atom. The van der Waals surface area contributed by atoms with Crippen molar-refractivity contribution in [1.82, 2.24) is 5.48 Å². The largest absolute Gasteiger partial charge is 0.368 e. The fourth-order valence-electron chi connectivity index (χ4n) is 1.31. The summed E-state index contributed by atoms with van der Waals surface area (Å²) in [5, 5.41) is 8.36. The second-order valence-electron chi connectivity index (χ2n) is 3.33. The van der Waals surface area contributed by atoms with E-state index in [0.717, 1.165) is 5.56 Å². The number of hydroxylamine groups is 1. The Morgan fingerprint density at radius 1 is 1.31 bits per heavy atom. The lowest BCUT2D eigenvalue weighted by Crippen LogP contribution is -2.33. The van der Waals surface area contributed by atoms with E-state index in [9.17, 15) is 9.59 Å². The van der Waals surface area contributed by atoms with Gasteiger partial charge >= 0.3 is 5.91 Å². The topological polar surface area (TPSA) is 75.6 Å². The van der Waals surface area contributed by atoms with Crippen molar-refractivity contribution in [2.45, 2.75) is 13.0 Å². The van der Waals surface area contributed by atoms with E-state index in [0.29, 0.717) is 5.56 Å². The maximum atomic E-state index is 11.5. The average molecular weight is 223 g/mol. The Bertz CT molecular complexity index is 385. The number of carbonyl (C=O) groups is 2. The summed E-state index contributed by atoms with van der Waals surface area (Å²) in [4.78, 5) is 22.5. The summed E-state index contributed by atoms with van der Waals surface area (Å²) in [7, 11) is 1.33. The van der Waals surface area contributed by atoms with Crippen molar-refractivity contribution in [3.8, 4) is 0 Å². The number of aryl methyl sites for hydroxylation is 1. The summed E-state index contributed by atoms with van der Waals surface area (Å²) in [6.07, 6.45) is -0.993. The first-order valence-corrected chi connectivity index (χ1v) is 4.67. The monoisotopic (exact) mass is 223 g/mol. The van der Waals surface area contributed by atoms with Gasteiger partial charge in [-0.25, -0.2) is 5.48 Å². The van der Waals surface area contributed by atoms with E-state index in [1.54, 1.807) is 12.1 Å². The Morgan fingerprint density at radius 2 is 1.88 bits per heavy atom. The average Bonchev–Trinajstić information content (AvgIpc) is 2.31. The Labute approximate surface area is 93.0 Å². The van der Waals surface area contributed by atoms with Crippen molar-refractivity contribution < 1.29 is 19.5 Å². The highest BCUT2D eigenvalue weighted by molar-refractivity contribution is 6.37. The molecule has 1 aromatic rings. The van der Waals surface area contributed by atoms with Gasteiger partial charge in [0.2, 0.25) is 0 Å². The smallest absolute Gasteiger partial charge is 0.313 e. The van der Waals surface area contributed by atoms with Crippen LogP contribution >= 0.6 is 0 Å². The molecule has 0 aliphatic carbocycles. The van der Waals surface area contributed by atoms with Crippen LogP contribution in [0.5, 0.6) is 0 Å². The van der Waals surface area contributed by atoms with Gasteiger partial charge in [0.05, 0.1) is 0 Å². The number of Topliss-reactive ketones (excluding diaryl/α,β-unsaturated/α-hetero) is 1. The molecule has 0 radical (unpaired) electrons. The fourth-order valence-corrected chi connectivity index (χ4v) is 1.31. The highest BCUT2D eigenvalue weighted by Gasteiger charge is 2.26. The van der Waals surface area contributed by atoms with Gasteiger partial charge in [0.15, 0.2) is 6.10 Å². The lowest BCUT2D eigenvalue weighted by molar-refractivity contribution is -0.148. The van der Waals surface area contributed by atoms with E-state index >= 15 is 0 Å². The fraction of sp³-hybridized carbons (Fsp3) is 0.273. The van der Waals surface area contributed by atoms with Gasteiger partial charge in [0, 0.05) is 7.11 Å². The standard InChI is InChI=1S/C11H13NO4/c1-7-3-5-8(6-4-7)10(16-2)9(13)11(14)12-15/h3-6,10,15H,1-2H3,(H,12,14). The number of amides is 1. The highest BCUT2D eigenvalue weighted by atomic mass is 16.5. The Kier molecular flexibility index (Phi) is 4.16. The summed E-state index contributed by atoms with van der Waals surface area (Å²) in [5.41, 5.74) is 2.90. The first kappa shape index (κ1) is 12.4. The zero-order chi connectivity index (χ0) is 12.1. The van der Waals surface area contributed by atoms with Crippen LogP contribution in [0.25, 0.3) is 0 Å². The number of methoxy groups -OCH3 is 1. The third-order valence-corrected chi connectivity index (χ3v) is 2.18. The molecule has 0 saturated carbocycles. The molecule has 1 unspecified atom stereocenters. The molecular formula is C11H13NO4. The molecule has 1 atom stereocenters.